The van der Waals surface area contributed by atoms with Crippen LogP contribution in [-0.2, 0) is 4.79 Å². The van der Waals surface area contributed by atoms with Crippen molar-refractivity contribution < 1.29 is 14.3 Å². The molecule has 1 aliphatic rings. The van der Waals surface area contributed by atoms with Crippen LogP contribution in [0.2, 0.25) is 0 Å². The normalized spacial score (nSPS) is 18.7. The van der Waals surface area contributed by atoms with E-state index in [4.69, 9.17) is 0 Å². The zero-order chi connectivity index (χ0) is 14.3. The molecule has 6 heteroatoms. The van der Waals surface area contributed by atoms with Crippen LogP contribution in [0, 0.1) is 5.82 Å². The predicted octanol–water partition coefficient (Wildman–Crippen LogP) is 3.19. The van der Waals surface area contributed by atoms with Crippen LogP contribution in [0.15, 0.2) is 28.9 Å². The third-order valence-electron chi connectivity index (χ3n) is 3.62. The van der Waals surface area contributed by atoms with Gasteiger partial charge in [0.2, 0.25) is 0 Å². The first-order valence-electron chi connectivity index (χ1n) is 6.32. The molecule has 4 nitrogen and oxygen atoms in total. The van der Waals surface area contributed by atoms with Gasteiger partial charge in [-0.2, -0.15) is 0 Å². The number of nitrogens with zero attached hydrogens (tertiary/aromatic N) is 2. The molecule has 0 aliphatic carbocycles. The molecule has 1 atom stereocenters. The van der Waals surface area contributed by atoms with Crippen molar-refractivity contribution in [3.63, 3.8) is 0 Å². The van der Waals surface area contributed by atoms with Crippen LogP contribution in [0.1, 0.15) is 12.8 Å². The molecule has 0 bridgehead atoms. The Morgan fingerprint density at radius 1 is 1.45 bits per heavy atom. The molecule has 1 N–H and O–H groups in total. The highest BCUT2D eigenvalue weighted by molar-refractivity contribution is 9.10. The molecule has 0 spiro atoms. The van der Waals surface area contributed by atoms with Crippen molar-refractivity contribution in [2.45, 2.75) is 18.9 Å². The molecule has 1 aliphatic heterocycles. The van der Waals surface area contributed by atoms with E-state index in [9.17, 15) is 14.3 Å². The monoisotopic (exact) mass is 338 g/mol. The van der Waals surface area contributed by atoms with E-state index in [2.05, 4.69) is 20.9 Å². The molecular formula is C14H12BrFN2O2. The molecule has 1 fully saturated rings. The molecule has 1 aromatic carbocycles. The average molecular weight is 339 g/mol. The summed E-state index contributed by atoms with van der Waals surface area (Å²) in [7, 11) is 0. The van der Waals surface area contributed by atoms with Crippen molar-refractivity contribution in [2.75, 3.05) is 11.4 Å². The van der Waals surface area contributed by atoms with Gasteiger partial charge in [0.15, 0.2) is 0 Å². The number of hydrogen-bond donors (Lipinski definition) is 1. The lowest BCUT2D eigenvalue weighted by molar-refractivity contribution is -0.138. The molecule has 0 saturated carbocycles. The van der Waals surface area contributed by atoms with Crippen molar-refractivity contribution in [3.05, 3.63) is 34.7 Å². The number of aliphatic carboxylic acids is 1. The third-order valence-corrected chi connectivity index (χ3v) is 4.26. The first-order chi connectivity index (χ1) is 9.59. The number of hydrogen-bond acceptors (Lipinski definition) is 3. The largest absolute Gasteiger partial charge is 0.480 e. The van der Waals surface area contributed by atoms with Crippen LogP contribution < -0.4 is 4.90 Å². The summed E-state index contributed by atoms with van der Waals surface area (Å²) in [5, 5.41) is 9.65. The van der Waals surface area contributed by atoms with Gasteiger partial charge in [-0.1, -0.05) is 0 Å². The lowest BCUT2D eigenvalue weighted by Gasteiger charge is -2.25. The summed E-state index contributed by atoms with van der Waals surface area (Å²) in [6, 6.07) is 4.05. The fourth-order valence-corrected chi connectivity index (χ4v) is 3.16. The van der Waals surface area contributed by atoms with Gasteiger partial charge in [-0.25, -0.2) is 9.18 Å². The smallest absolute Gasteiger partial charge is 0.326 e. The maximum absolute atomic E-state index is 14.2. The fraction of sp³-hybridized carbons (Fsp3) is 0.286. The van der Waals surface area contributed by atoms with Crippen molar-refractivity contribution in [1.29, 1.82) is 0 Å². The molecule has 20 heavy (non-hydrogen) atoms. The van der Waals surface area contributed by atoms with Gasteiger partial charge >= 0.3 is 5.97 Å². The molecule has 3 rings (SSSR count). The average Bonchev–Trinajstić information content (AvgIpc) is 2.92. The lowest BCUT2D eigenvalue weighted by atomic mass is 10.1. The predicted molar refractivity (Wildman–Crippen MR) is 77.4 cm³/mol. The number of carbonyl (C=O) groups is 1. The number of halogens is 2. The summed E-state index contributed by atoms with van der Waals surface area (Å²) in [5.74, 6) is -1.26. The van der Waals surface area contributed by atoms with E-state index >= 15 is 0 Å². The molecule has 2 heterocycles. The van der Waals surface area contributed by atoms with Gasteiger partial charge in [0, 0.05) is 17.2 Å². The minimum absolute atomic E-state index is 0.370. The van der Waals surface area contributed by atoms with Crippen molar-refractivity contribution in [2.24, 2.45) is 0 Å². The fourth-order valence-electron chi connectivity index (χ4n) is 2.73. The molecular weight excluding hydrogens is 327 g/mol. The Labute approximate surface area is 123 Å². The third kappa shape index (κ3) is 2.04. The van der Waals surface area contributed by atoms with E-state index in [1.54, 1.807) is 23.2 Å². The van der Waals surface area contributed by atoms with Gasteiger partial charge in [-0.05, 0) is 47.0 Å². The zero-order valence-corrected chi connectivity index (χ0v) is 12.1. The van der Waals surface area contributed by atoms with E-state index in [1.807, 2.05) is 0 Å². The topological polar surface area (TPSA) is 53.4 Å². The molecule has 0 radical (unpaired) electrons. The van der Waals surface area contributed by atoms with Gasteiger partial charge in [0.05, 0.1) is 16.6 Å². The number of rotatable bonds is 2. The Bertz CT molecular complexity index is 692. The molecule has 1 aromatic heterocycles. The van der Waals surface area contributed by atoms with Gasteiger partial charge in [-0.3, -0.25) is 4.98 Å². The maximum Gasteiger partial charge on any atom is 0.326 e. The van der Waals surface area contributed by atoms with E-state index in [0.717, 1.165) is 6.42 Å². The van der Waals surface area contributed by atoms with Crippen molar-refractivity contribution in [3.8, 4) is 0 Å². The first kappa shape index (κ1) is 13.3. The second kappa shape index (κ2) is 5.01. The Kier molecular flexibility index (Phi) is 3.33. The molecule has 1 saturated heterocycles. The summed E-state index contributed by atoms with van der Waals surface area (Å²) >= 11 is 3.35. The van der Waals surface area contributed by atoms with Gasteiger partial charge in [-0.15, -0.1) is 0 Å². The summed E-state index contributed by atoms with van der Waals surface area (Å²) in [6.45, 7) is 0.613. The Balaban J connectivity index is 2.22. The molecule has 104 valence electrons. The molecule has 2 aromatic rings. The van der Waals surface area contributed by atoms with Gasteiger partial charge in [0.1, 0.15) is 11.9 Å². The Morgan fingerprint density at radius 2 is 2.25 bits per heavy atom. The first-order valence-corrected chi connectivity index (χ1v) is 7.11. The second-order valence-corrected chi connectivity index (χ2v) is 5.63. The standard InChI is InChI=1S/C14H12BrFN2O2/c15-8-3-4-9(16)12-10(5-6-17-13(8)12)18-7-1-2-11(18)14(19)20/h3-6,11H,1-2,7H2,(H,19,20). The second-order valence-electron chi connectivity index (χ2n) is 4.77. The quantitative estimate of drug-likeness (QED) is 0.913. The molecule has 1 unspecified atom stereocenters. The number of carboxylic acids is 1. The highest BCUT2D eigenvalue weighted by Crippen LogP contribution is 2.35. The zero-order valence-electron chi connectivity index (χ0n) is 10.5. The van der Waals surface area contributed by atoms with Crippen LogP contribution in [-0.4, -0.2) is 28.6 Å². The van der Waals surface area contributed by atoms with Gasteiger partial charge in [0.25, 0.3) is 0 Å². The number of anilines is 1. The van der Waals surface area contributed by atoms with Crippen LogP contribution in [0.4, 0.5) is 10.1 Å². The highest BCUT2D eigenvalue weighted by Gasteiger charge is 2.32. The number of benzene rings is 1. The Morgan fingerprint density at radius 3 is 3.00 bits per heavy atom. The number of fused-ring (bicyclic) bond motifs is 1. The summed E-state index contributed by atoms with van der Waals surface area (Å²) in [5.41, 5.74) is 1.11. The summed E-state index contributed by atoms with van der Waals surface area (Å²) in [4.78, 5) is 17.2. The maximum atomic E-state index is 14.2. The van der Waals surface area contributed by atoms with E-state index < -0.39 is 12.0 Å². The van der Waals surface area contributed by atoms with Gasteiger partial charge < -0.3 is 10.0 Å². The van der Waals surface area contributed by atoms with Crippen LogP contribution in [0.3, 0.4) is 0 Å². The lowest BCUT2D eigenvalue weighted by Crippen LogP contribution is -2.36. The summed E-state index contributed by atoms with van der Waals surface area (Å²) in [6.07, 6.45) is 2.95. The van der Waals surface area contributed by atoms with Crippen LogP contribution in [0.5, 0.6) is 0 Å². The highest BCUT2D eigenvalue weighted by atomic mass is 79.9. The molecule has 0 amide bonds. The SMILES string of the molecule is O=C(O)C1CCCN1c1ccnc2c(Br)ccc(F)c12. The Hall–Kier alpha value is -1.69. The minimum atomic E-state index is -0.872. The van der Waals surface area contributed by atoms with Crippen molar-refractivity contribution in [1.82, 2.24) is 4.98 Å². The number of aromatic nitrogens is 1. The number of carboxylic acid groups (broad SMARTS) is 1. The van der Waals surface area contributed by atoms with E-state index in [1.165, 1.54) is 6.07 Å². The number of pyridine rings is 1. The van der Waals surface area contributed by atoms with Crippen LogP contribution >= 0.6 is 15.9 Å². The van der Waals surface area contributed by atoms with Crippen molar-refractivity contribution >= 4 is 38.5 Å². The van der Waals surface area contributed by atoms with Crippen LogP contribution in [0.25, 0.3) is 10.9 Å². The summed E-state index contributed by atoms with van der Waals surface area (Å²) < 4.78 is 14.9. The van der Waals surface area contributed by atoms with E-state index in [0.29, 0.717) is 34.0 Å². The van der Waals surface area contributed by atoms with E-state index in [-0.39, 0.29) is 5.82 Å². The minimum Gasteiger partial charge on any atom is -0.480 e.